The molecule has 3 aliphatic heterocycles. The lowest BCUT2D eigenvalue weighted by molar-refractivity contribution is -0.120. The summed E-state index contributed by atoms with van der Waals surface area (Å²) in [6.07, 6.45) is 6.37. The summed E-state index contributed by atoms with van der Waals surface area (Å²) < 4.78 is 75.2. The fourth-order valence-corrected chi connectivity index (χ4v) is 8.90. The molecule has 306 valence electrons. The Morgan fingerprint density at radius 3 is 2.22 bits per heavy atom. The number of carboxylic acids is 1. The maximum absolute atomic E-state index is 13.1. The van der Waals surface area contributed by atoms with Crippen molar-refractivity contribution in [3.05, 3.63) is 109 Å². The number of amides is 1. The first-order valence-electron chi connectivity index (χ1n) is 18.5. The molecule has 16 nitrogen and oxygen atoms in total. The average Bonchev–Trinajstić information content (AvgIpc) is 3.08. The van der Waals surface area contributed by atoms with Crippen molar-refractivity contribution in [1.29, 1.82) is 0 Å². The number of hydrogen-bond acceptors (Lipinski definition) is 10. The number of carboxylic acid groups (broad SMARTS) is 1. The Labute approximate surface area is 335 Å². The fraction of sp³-hybridized carbons (Fsp3) is 0.375. The number of carbonyl (C=O) groups is 2. The van der Waals surface area contributed by atoms with E-state index in [0.717, 1.165) is 19.3 Å². The molecule has 0 saturated carbocycles. The van der Waals surface area contributed by atoms with Crippen molar-refractivity contribution >= 4 is 54.5 Å². The number of carbonyl (C=O) groups excluding carboxylic acids is 1. The molecule has 58 heavy (non-hydrogen) atoms. The van der Waals surface area contributed by atoms with E-state index >= 15 is 0 Å². The van der Waals surface area contributed by atoms with E-state index in [1.165, 1.54) is 6.07 Å². The van der Waals surface area contributed by atoms with Crippen molar-refractivity contribution in [1.82, 2.24) is 5.32 Å². The maximum atomic E-state index is 13.1. The van der Waals surface area contributed by atoms with Gasteiger partial charge in [0, 0.05) is 63.3 Å². The van der Waals surface area contributed by atoms with Crippen LogP contribution in [0.5, 0.6) is 11.5 Å². The van der Waals surface area contributed by atoms with Crippen LogP contribution in [0.1, 0.15) is 91.6 Å². The van der Waals surface area contributed by atoms with Gasteiger partial charge in [-0.25, -0.2) is 4.79 Å². The van der Waals surface area contributed by atoms with Crippen LogP contribution >= 0.6 is 0 Å². The van der Waals surface area contributed by atoms with E-state index in [1.54, 1.807) is 62.4 Å². The molecule has 0 fully saturated rings. The molecule has 3 aromatic rings. The van der Waals surface area contributed by atoms with Crippen LogP contribution in [0.15, 0.2) is 64.7 Å². The second-order valence-corrected chi connectivity index (χ2v) is 18.6. The largest absolute Gasteiger partial charge is 0.478 e. The third-order valence-electron chi connectivity index (χ3n) is 9.79. The normalized spacial score (nSPS) is 16.0. The summed E-state index contributed by atoms with van der Waals surface area (Å²) in [6, 6.07) is 11.3. The van der Waals surface area contributed by atoms with Crippen molar-refractivity contribution in [3.8, 4) is 11.5 Å². The van der Waals surface area contributed by atoms with Crippen LogP contribution in [0.3, 0.4) is 0 Å². The van der Waals surface area contributed by atoms with Gasteiger partial charge in [0.05, 0.1) is 28.4 Å². The Kier molecular flexibility index (Phi) is 11.6. The fourth-order valence-electron chi connectivity index (χ4n) is 7.63. The number of ether oxygens (including phenoxy) is 1. The highest BCUT2D eigenvalue weighted by Gasteiger charge is 2.33. The smallest absolute Gasteiger partial charge is 0.336 e. The zero-order valence-electron chi connectivity index (χ0n) is 32.4. The number of fused-ring (bicyclic) bond motifs is 4. The molecule has 0 spiro atoms. The van der Waals surface area contributed by atoms with Gasteiger partial charge in [0.15, 0.2) is 0 Å². The topological polar surface area (TPSA) is 258 Å². The molecule has 0 aliphatic carbocycles. The molecule has 1 amide bonds. The summed E-state index contributed by atoms with van der Waals surface area (Å²) in [6.45, 7) is 8.06. The highest BCUT2D eigenvalue weighted by Crippen LogP contribution is 2.45. The summed E-state index contributed by atoms with van der Waals surface area (Å²) in [4.78, 5) is 33.5. The van der Waals surface area contributed by atoms with Crippen LogP contribution < -0.4 is 25.9 Å². The molecule has 0 saturated heterocycles. The van der Waals surface area contributed by atoms with Crippen LogP contribution in [0, 0.1) is 0 Å². The molecule has 0 bridgehead atoms. The number of anilines is 1. The Balaban J connectivity index is 1.51. The SMILES string of the molecule is CC1(C)C=C(CS(=O)(=O)O)c2cc3c(cc2=N1)Oc1cc2c(cc1C=3c1ccc(CC(=O)NCCCCCCN=[N+]=[N-])cc1C(=O)O)C(CS(=O)(=O)O)=CC(C)(C)N2. The summed E-state index contributed by atoms with van der Waals surface area (Å²) in [7, 11) is -8.98. The molecule has 3 aliphatic rings. The molecule has 0 radical (unpaired) electrons. The van der Waals surface area contributed by atoms with Gasteiger partial charge in [-0.05, 0) is 86.5 Å². The zero-order chi connectivity index (χ0) is 42.2. The van der Waals surface area contributed by atoms with E-state index < -0.39 is 48.8 Å². The maximum Gasteiger partial charge on any atom is 0.336 e. The van der Waals surface area contributed by atoms with Crippen molar-refractivity contribution in [2.24, 2.45) is 10.1 Å². The van der Waals surface area contributed by atoms with Gasteiger partial charge < -0.3 is 20.5 Å². The molecular weight excluding hydrogens is 789 g/mol. The molecule has 3 heterocycles. The first kappa shape index (κ1) is 42.1. The first-order valence-corrected chi connectivity index (χ1v) is 21.8. The number of aromatic carboxylic acids is 1. The van der Waals surface area contributed by atoms with Crippen molar-refractivity contribution in [2.75, 3.05) is 29.9 Å². The van der Waals surface area contributed by atoms with Crippen LogP contribution in [-0.4, -0.2) is 78.6 Å². The standard InChI is InChI=1S/C40H44N6O10S2/c1-39(2)19-24(21-57(50,51)52)27-15-30-34(17-32(27)44-39)56-35-18-33-28(25(22-58(53,54)55)20-40(3,4)45-33)16-31(35)37(30)26-10-9-23(13-29(26)38(48)49)14-36(47)42-11-7-5-6-8-12-43-46-41/h9-10,13,15-20,44H,5-8,11-12,14,21-22H2,1-4H3,(H,42,47)(H,48,49)(H,50,51,52)(H,53,54,55). The number of azide groups is 1. The van der Waals surface area contributed by atoms with E-state index in [4.69, 9.17) is 15.3 Å². The van der Waals surface area contributed by atoms with E-state index in [1.807, 2.05) is 13.8 Å². The van der Waals surface area contributed by atoms with E-state index in [2.05, 4.69) is 20.7 Å². The van der Waals surface area contributed by atoms with Gasteiger partial charge in [0.2, 0.25) is 5.91 Å². The number of hydrogen-bond donors (Lipinski definition) is 5. The zero-order valence-corrected chi connectivity index (χ0v) is 34.0. The lowest BCUT2D eigenvalue weighted by atomic mass is 9.84. The Hall–Kier alpha value is -5.52. The third kappa shape index (κ3) is 9.94. The molecule has 6 rings (SSSR count). The molecule has 0 unspecified atom stereocenters. The molecule has 0 atom stereocenters. The Bertz CT molecular complexity index is 2700. The monoisotopic (exact) mass is 832 g/mol. The second kappa shape index (κ2) is 16.0. The van der Waals surface area contributed by atoms with E-state index in [9.17, 15) is 40.6 Å². The minimum atomic E-state index is -4.49. The average molecular weight is 833 g/mol. The van der Waals surface area contributed by atoms with Gasteiger partial charge in [0.25, 0.3) is 20.2 Å². The molecule has 0 aromatic heterocycles. The Morgan fingerprint density at radius 2 is 1.55 bits per heavy atom. The van der Waals surface area contributed by atoms with Gasteiger partial charge in [-0.2, -0.15) is 16.8 Å². The van der Waals surface area contributed by atoms with Crippen molar-refractivity contribution < 1.29 is 45.4 Å². The number of unbranched alkanes of at least 4 members (excludes halogenated alkanes) is 3. The van der Waals surface area contributed by atoms with Gasteiger partial charge >= 0.3 is 5.97 Å². The number of nitrogens with one attached hydrogen (secondary N) is 2. The summed E-state index contributed by atoms with van der Waals surface area (Å²) >= 11 is 0. The minimum Gasteiger partial charge on any atom is -0.478 e. The lowest BCUT2D eigenvalue weighted by Gasteiger charge is -2.34. The molecular formula is C40H44N6O10S2. The second-order valence-electron chi connectivity index (χ2n) is 15.7. The molecule has 18 heteroatoms. The predicted molar refractivity (Wildman–Crippen MR) is 219 cm³/mol. The third-order valence-corrected chi connectivity index (χ3v) is 11.1. The number of rotatable bonds is 15. The van der Waals surface area contributed by atoms with Gasteiger partial charge in [0.1, 0.15) is 23.0 Å². The lowest BCUT2D eigenvalue weighted by Crippen LogP contribution is -2.33. The summed E-state index contributed by atoms with van der Waals surface area (Å²) in [5, 5.41) is 21.1. The number of benzene rings is 3. The van der Waals surface area contributed by atoms with Crippen LogP contribution in [0.4, 0.5) is 5.69 Å². The van der Waals surface area contributed by atoms with Gasteiger partial charge in [-0.1, -0.05) is 42.2 Å². The van der Waals surface area contributed by atoms with Gasteiger partial charge in [-0.3, -0.25) is 18.9 Å². The summed E-state index contributed by atoms with van der Waals surface area (Å²) in [5.74, 6) is -2.44. The summed E-state index contributed by atoms with van der Waals surface area (Å²) in [5.41, 5.74) is 9.90. The van der Waals surface area contributed by atoms with Crippen molar-refractivity contribution in [3.63, 3.8) is 0 Å². The van der Waals surface area contributed by atoms with Gasteiger partial charge in [-0.15, -0.1) is 0 Å². The van der Waals surface area contributed by atoms with Crippen LogP contribution in [0.25, 0.3) is 27.2 Å². The first-order chi connectivity index (χ1) is 27.1. The highest BCUT2D eigenvalue weighted by atomic mass is 32.2. The minimum absolute atomic E-state index is 0.101. The van der Waals surface area contributed by atoms with Crippen molar-refractivity contribution in [2.45, 2.75) is 70.9 Å². The highest BCUT2D eigenvalue weighted by molar-refractivity contribution is 7.86. The molecule has 3 aromatic carbocycles. The van der Waals surface area contributed by atoms with E-state index in [0.29, 0.717) is 74.9 Å². The van der Waals surface area contributed by atoms with E-state index in [-0.39, 0.29) is 34.8 Å². The molecule has 5 N–H and O–H groups in total. The van der Waals surface area contributed by atoms with Crippen LogP contribution in [-0.2, 0) is 31.5 Å². The Morgan fingerprint density at radius 1 is 0.862 bits per heavy atom. The quantitative estimate of drug-likeness (QED) is 0.0332. The number of nitrogens with zero attached hydrogens (tertiary/aromatic N) is 4. The predicted octanol–water partition coefficient (Wildman–Crippen LogP) is 5.43. The van der Waals surface area contributed by atoms with Crippen LogP contribution in [0.2, 0.25) is 0 Å².